The predicted molar refractivity (Wildman–Crippen MR) is 77.2 cm³/mol. The fraction of sp³-hybridized carbons (Fsp3) is 0.438. The first-order chi connectivity index (χ1) is 9.28. The monoisotopic (exact) mass is 255 g/mol. The summed E-state index contributed by atoms with van der Waals surface area (Å²) in [5, 5.41) is 8.05. The largest absolute Gasteiger partial charge is 0.312 e. The van der Waals surface area contributed by atoms with Crippen LogP contribution in [0.15, 0.2) is 30.5 Å². The van der Waals surface area contributed by atoms with Crippen molar-refractivity contribution < 1.29 is 0 Å². The summed E-state index contributed by atoms with van der Waals surface area (Å²) in [6.07, 6.45) is 4.35. The summed E-state index contributed by atoms with van der Waals surface area (Å²) in [6.45, 7) is 4.15. The second-order valence-electron chi connectivity index (χ2n) is 5.36. The Balaban J connectivity index is 1.55. The van der Waals surface area contributed by atoms with Crippen molar-refractivity contribution in [1.82, 2.24) is 15.1 Å². The van der Waals surface area contributed by atoms with E-state index in [1.807, 2.05) is 11.7 Å². The number of aryl methyl sites for hydroxylation is 2. The Morgan fingerprint density at radius 3 is 3.00 bits per heavy atom. The Labute approximate surface area is 114 Å². The van der Waals surface area contributed by atoms with Gasteiger partial charge in [-0.1, -0.05) is 31.2 Å². The number of rotatable bonds is 5. The van der Waals surface area contributed by atoms with Crippen LogP contribution < -0.4 is 5.32 Å². The van der Waals surface area contributed by atoms with E-state index in [1.165, 1.54) is 28.8 Å². The summed E-state index contributed by atoms with van der Waals surface area (Å²) in [5.41, 5.74) is 5.59. The molecular weight excluding hydrogens is 234 g/mol. The van der Waals surface area contributed by atoms with E-state index in [0.29, 0.717) is 5.92 Å². The van der Waals surface area contributed by atoms with Crippen molar-refractivity contribution >= 4 is 0 Å². The molecule has 3 rings (SSSR count). The molecule has 0 aliphatic heterocycles. The van der Waals surface area contributed by atoms with Crippen LogP contribution in [0.4, 0.5) is 0 Å². The Kier molecular flexibility index (Phi) is 3.38. The van der Waals surface area contributed by atoms with E-state index in [-0.39, 0.29) is 0 Å². The molecule has 1 aliphatic rings. The van der Waals surface area contributed by atoms with Gasteiger partial charge in [0.2, 0.25) is 0 Å². The number of aromatic nitrogens is 2. The minimum atomic E-state index is 0.693. The molecule has 0 bridgehead atoms. The summed E-state index contributed by atoms with van der Waals surface area (Å²) >= 11 is 0. The van der Waals surface area contributed by atoms with Gasteiger partial charge in [0, 0.05) is 37.8 Å². The van der Waals surface area contributed by atoms with Crippen LogP contribution in [0.1, 0.15) is 35.2 Å². The summed E-state index contributed by atoms with van der Waals surface area (Å²) < 4.78 is 1.91. The fourth-order valence-corrected chi connectivity index (χ4v) is 2.95. The zero-order valence-corrected chi connectivity index (χ0v) is 11.7. The lowest BCUT2D eigenvalue weighted by Gasteiger charge is -2.30. The van der Waals surface area contributed by atoms with Crippen LogP contribution in [0.25, 0.3) is 0 Å². The normalized spacial score (nSPS) is 17.1. The van der Waals surface area contributed by atoms with Gasteiger partial charge in [0.25, 0.3) is 0 Å². The van der Waals surface area contributed by atoms with Crippen LogP contribution in [-0.2, 0) is 26.4 Å². The second kappa shape index (κ2) is 5.17. The number of hydrogen-bond donors (Lipinski definition) is 1. The molecule has 1 aliphatic carbocycles. The molecular formula is C16H21N3. The lowest BCUT2D eigenvalue weighted by molar-refractivity contribution is 0.535. The standard InChI is InChI=1S/C16H21N3/c1-3-16-14(11-19(2)18-16)10-17-9-13-8-12-6-4-5-7-15(12)13/h4-7,11,13,17H,3,8-10H2,1-2H3. The second-order valence-corrected chi connectivity index (χ2v) is 5.36. The molecule has 1 heterocycles. The third-order valence-electron chi connectivity index (χ3n) is 3.99. The highest BCUT2D eigenvalue weighted by Gasteiger charge is 2.24. The summed E-state index contributed by atoms with van der Waals surface area (Å²) in [6, 6.07) is 8.77. The quantitative estimate of drug-likeness (QED) is 0.889. The molecule has 1 aromatic heterocycles. The van der Waals surface area contributed by atoms with Gasteiger partial charge in [-0.2, -0.15) is 5.10 Å². The van der Waals surface area contributed by atoms with E-state index >= 15 is 0 Å². The third-order valence-corrected chi connectivity index (χ3v) is 3.99. The molecule has 0 spiro atoms. The zero-order valence-electron chi connectivity index (χ0n) is 11.7. The van der Waals surface area contributed by atoms with Crippen LogP contribution in [0, 0.1) is 0 Å². The molecule has 100 valence electrons. The predicted octanol–water partition coefficient (Wildman–Crippen LogP) is 2.41. The molecule has 19 heavy (non-hydrogen) atoms. The van der Waals surface area contributed by atoms with Crippen molar-refractivity contribution in [2.75, 3.05) is 6.54 Å². The molecule has 0 fully saturated rings. The van der Waals surface area contributed by atoms with E-state index in [9.17, 15) is 0 Å². The lowest BCUT2D eigenvalue weighted by Crippen LogP contribution is -2.28. The van der Waals surface area contributed by atoms with Gasteiger partial charge in [0.05, 0.1) is 5.69 Å². The van der Waals surface area contributed by atoms with Gasteiger partial charge in [-0.05, 0) is 24.0 Å². The van der Waals surface area contributed by atoms with Gasteiger partial charge in [-0.3, -0.25) is 4.68 Å². The van der Waals surface area contributed by atoms with Gasteiger partial charge >= 0.3 is 0 Å². The van der Waals surface area contributed by atoms with E-state index in [0.717, 1.165) is 19.5 Å². The van der Waals surface area contributed by atoms with E-state index in [4.69, 9.17) is 0 Å². The summed E-state index contributed by atoms with van der Waals surface area (Å²) in [4.78, 5) is 0. The minimum Gasteiger partial charge on any atom is -0.312 e. The van der Waals surface area contributed by atoms with Crippen LogP contribution in [-0.4, -0.2) is 16.3 Å². The number of nitrogens with one attached hydrogen (secondary N) is 1. The first kappa shape index (κ1) is 12.4. The molecule has 3 heteroatoms. The van der Waals surface area contributed by atoms with Crippen LogP contribution in [0.5, 0.6) is 0 Å². The Bertz CT molecular complexity index is 571. The smallest absolute Gasteiger partial charge is 0.0666 e. The minimum absolute atomic E-state index is 0.693. The lowest BCUT2D eigenvalue weighted by atomic mass is 9.77. The molecule has 1 aromatic carbocycles. The molecule has 1 unspecified atom stereocenters. The fourth-order valence-electron chi connectivity index (χ4n) is 2.95. The van der Waals surface area contributed by atoms with Crippen molar-refractivity contribution in [2.24, 2.45) is 7.05 Å². The molecule has 0 amide bonds. The van der Waals surface area contributed by atoms with Gasteiger partial charge in [0.15, 0.2) is 0 Å². The van der Waals surface area contributed by atoms with Crippen LogP contribution in [0.2, 0.25) is 0 Å². The molecule has 1 atom stereocenters. The van der Waals surface area contributed by atoms with E-state index in [1.54, 1.807) is 0 Å². The summed E-state index contributed by atoms with van der Waals surface area (Å²) in [7, 11) is 1.99. The van der Waals surface area contributed by atoms with Crippen molar-refractivity contribution in [3.63, 3.8) is 0 Å². The first-order valence-corrected chi connectivity index (χ1v) is 7.08. The molecule has 2 aromatic rings. The Morgan fingerprint density at radius 1 is 1.37 bits per heavy atom. The van der Waals surface area contributed by atoms with Crippen molar-refractivity contribution in [3.8, 4) is 0 Å². The van der Waals surface area contributed by atoms with Gasteiger partial charge in [-0.15, -0.1) is 0 Å². The average molecular weight is 255 g/mol. The van der Waals surface area contributed by atoms with Crippen LogP contribution >= 0.6 is 0 Å². The van der Waals surface area contributed by atoms with E-state index in [2.05, 4.69) is 47.8 Å². The molecule has 0 saturated carbocycles. The molecule has 1 N–H and O–H groups in total. The maximum atomic E-state index is 4.47. The maximum Gasteiger partial charge on any atom is 0.0666 e. The molecule has 0 radical (unpaired) electrons. The number of benzene rings is 1. The summed E-state index contributed by atoms with van der Waals surface area (Å²) in [5.74, 6) is 0.693. The topological polar surface area (TPSA) is 29.9 Å². The number of hydrogen-bond acceptors (Lipinski definition) is 2. The Hall–Kier alpha value is -1.61. The molecule has 0 saturated heterocycles. The Morgan fingerprint density at radius 2 is 2.21 bits per heavy atom. The highest BCUT2D eigenvalue weighted by Crippen LogP contribution is 2.34. The third kappa shape index (κ3) is 2.43. The van der Waals surface area contributed by atoms with Gasteiger partial charge in [-0.25, -0.2) is 0 Å². The molecule has 3 nitrogen and oxygen atoms in total. The van der Waals surface area contributed by atoms with Gasteiger partial charge < -0.3 is 5.32 Å². The van der Waals surface area contributed by atoms with Crippen molar-refractivity contribution in [3.05, 3.63) is 52.8 Å². The van der Waals surface area contributed by atoms with Gasteiger partial charge in [0.1, 0.15) is 0 Å². The SMILES string of the molecule is CCc1nn(C)cc1CNCC1Cc2ccccc21. The zero-order chi connectivity index (χ0) is 13.2. The van der Waals surface area contributed by atoms with Crippen LogP contribution in [0.3, 0.4) is 0 Å². The number of nitrogens with zero attached hydrogens (tertiary/aromatic N) is 2. The average Bonchev–Trinajstić information content (AvgIpc) is 2.75. The van der Waals surface area contributed by atoms with E-state index < -0.39 is 0 Å². The number of fused-ring (bicyclic) bond motifs is 1. The highest BCUT2D eigenvalue weighted by molar-refractivity contribution is 5.40. The van der Waals surface area contributed by atoms with Crippen molar-refractivity contribution in [2.45, 2.75) is 32.2 Å². The first-order valence-electron chi connectivity index (χ1n) is 7.08. The highest BCUT2D eigenvalue weighted by atomic mass is 15.3. The maximum absolute atomic E-state index is 4.47. The van der Waals surface area contributed by atoms with Crippen molar-refractivity contribution in [1.29, 1.82) is 0 Å².